The fourth-order valence-electron chi connectivity index (χ4n) is 3.01. The minimum atomic E-state index is -0.942. The van der Waals surface area contributed by atoms with Crippen LogP contribution in [0.25, 0.3) is 0 Å². The van der Waals surface area contributed by atoms with Gasteiger partial charge in [0.25, 0.3) is 5.91 Å². The van der Waals surface area contributed by atoms with E-state index in [4.69, 9.17) is 0 Å². The van der Waals surface area contributed by atoms with Gasteiger partial charge in [-0.25, -0.2) is 4.79 Å². The third-order valence-electron chi connectivity index (χ3n) is 4.14. The number of carboxylic acids is 1. The molecule has 1 aliphatic heterocycles. The normalized spacial score (nSPS) is 20.8. The monoisotopic (exact) mass is 295 g/mol. The molecular weight excluding hydrogens is 278 g/mol. The second-order valence-electron chi connectivity index (χ2n) is 5.52. The van der Waals surface area contributed by atoms with Crippen LogP contribution in [-0.2, 0) is 4.79 Å². The summed E-state index contributed by atoms with van der Waals surface area (Å²) in [6.45, 7) is 0.439. The third-order valence-corrected chi connectivity index (χ3v) is 4.14. The lowest BCUT2D eigenvalue weighted by Crippen LogP contribution is -2.40. The van der Waals surface area contributed by atoms with Crippen molar-refractivity contribution in [2.24, 2.45) is 0 Å². The van der Waals surface area contributed by atoms with E-state index < -0.39 is 12.0 Å². The highest BCUT2D eigenvalue weighted by molar-refractivity contribution is 5.97. The topological polar surface area (TPSA) is 57.6 Å². The first-order valence-electron chi connectivity index (χ1n) is 7.30. The summed E-state index contributed by atoms with van der Waals surface area (Å²) in [7, 11) is 0. The number of hydrogen-bond donors (Lipinski definition) is 1. The Bertz CT molecular complexity index is 669. The van der Waals surface area contributed by atoms with Gasteiger partial charge in [0.05, 0.1) is 0 Å². The maximum atomic E-state index is 12.6. The van der Waals surface area contributed by atoms with Crippen molar-refractivity contribution in [3.8, 4) is 0 Å². The summed E-state index contributed by atoms with van der Waals surface area (Å²) >= 11 is 0. The molecule has 0 bridgehead atoms. The van der Waals surface area contributed by atoms with Gasteiger partial charge in [-0.05, 0) is 24.1 Å². The van der Waals surface area contributed by atoms with Gasteiger partial charge in [0, 0.05) is 18.0 Å². The lowest BCUT2D eigenvalue weighted by atomic mass is 9.96. The maximum Gasteiger partial charge on any atom is 0.326 e. The number of rotatable bonds is 3. The van der Waals surface area contributed by atoms with Gasteiger partial charge in [0.15, 0.2) is 0 Å². The Kier molecular flexibility index (Phi) is 3.92. The first kappa shape index (κ1) is 14.3. The Morgan fingerprint density at radius 2 is 1.55 bits per heavy atom. The van der Waals surface area contributed by atoms with Gasteiger partial charge in [-0.3, -0.25) is 4.79 Å². The number of carboxylic acid groups (broad SMARTS) is 1. The minimum Gasteiger partial charge on any atom is -0.480 e. The van der Waals surface area contributed by atoms with E-state index in [0.717, 1.165) is 5.56 Å². The zero-order valence-corrected chi connectivity index (χ0v) is 12.1. The highest BCUT2D eigenvalue weighted by Gasteiger charge is 2.40. The molecule has 1 amide bonds. The Morgan fingerprint density at radius 3 is 2.14 bits per heavy atom. The van der Waals surface area contributed by atoms with Gasteiger partial charge in [-0.2, -0.15) is 0 Å². The first-order chi connectivity index (χ1) is 10.7. The Morgan fingerprint density at radius 1 is 0.955 bits per heavy atom. The van der Waals surface area contributed by atoms with Crippen LogP contribution in [0.5, 0.6) is 0 Å². The average molecular weight is 295 g/mol. The number of amides is 1. The summed E-state index contributed by atoms with van der Waals surface area (Å²) in [5.74, 6) is -1.09. The molecular formula is C18H17NO3. The summed E-state index contributed by atoms with van der Waals surface area (Å²) in [5.41, 5.74) is 1.61. The van der Waals surface area contributed by atoms with Crippen molar-refractivity contribution in [3.05, 3.63) is 71.8 Å². The lowest BCUT2D eigenvalue weighted by molar-refractivity contribution is -0.141. The summed E-state index contributed by atoms with van der Waals surface area (Å²) in [6.07, 6.45) is 0.456. The van der Waals surface area contributed by atoms with E-state index >= 15 is 0 Å². The van der Waals surface area contributed by atoms with Crippen LogP contribution in [0.3, 0.4) is 0 Å². The van der Waals surface area contributed by atoms with Gasteiger partial charge >= 0.3 is 5.97 Å². The molecule has 0 saturated carbocycles. The Labute approximate surface area is 129 Å². The van der Waals surface area contributed by atoms with E-state index in [9.17, 15) is 14.7 Å². The molecule has 0 aliphatic carbocycles. The zero-order valence-electron chi connectivity index (χ0n) is 12.1. The van der Waals surface area contributed by atoms with E-state index in [1.54, 1.807) is 24.3 Å². The Balaban J connectivity index is 1.86. The van der Waals surface area contributed by atoms with Crippen LogP contribution in [0.1, 0.15) is 28.3 Å². The molecule has 1 saturated heterocycles. The molecule has 4 heteroatoms. The number of hydrogen-bond acceptors (Lipinski definition) is 2. The number of carbonyl (C=O) groups is 2. The molecule has 1 fully saturated rings. The predicted octanol–water partition coefficient (Wildman–Crippen LogP) is 2.77. The molecule has 3 rings (SSSR count). The van der Waals surface area contributed by atoms with Gasteiger partial charge in [-0.15, -0.1) is 0 Å². The molecule has 2 aromatic rings. The second-order valence-corrected chi connectivity index (χ2v) is 5.52. The summed E-state index contributed by atoms with van der Waals surface area (Å²) in [4.78, 5) is 25.6. The van der Waals surface area contributed by atoms with Gasteiger partial charge in [0.1, 0.15) is 6.04 Å². The van der Waals surface area contributed by atoms with Crippen molar-refractivity contribution in [3.63, 3.8) is 0 Å². The summed E-state index contributed by atoms with van der Waals surface area (Å²) < 4.78 is 0. The van der Waals surface area contributed by atoms with E-state index in [1.165, 1.54) is 4.90 Å². The van der Waals surface area contributed by atoms with E-state index in [2.05, 4.69) is 0 Å². The summed E-state index contributed by atoms with van der Waals surface area (Å²) in [5, 5.41) is 9.45. The van der Waals surface area contributed by atoms with Gasteiger partial charge < -0.3 is 10.0 Å². The highest BCUT2D eigenvalue weighted by Crippen LogP contribution is 2.32. The smallest absolute Gasteiger partial charge is 0.326 e. The fraction of sp³-hybridized carbons (Fsp3) is 0.222. The molecule has 2 unspecified atom stereocenters. The SMILES string of the molecule is O=C(O)C1CC(c2ccccc2)CN1C(=O)c1ccccc1. The fourth-order valence-corrected chi connectivity index (χ4v) is 3.01. The molecule has 1 heterocycles. The predicted molar refractivity (Wildman–Crippen MR) is 82.7 cm³/mol. The standard InChI is InChI=1S/C18H17NO3/c20-17(14-9-5-2-6-10-14)19-12-15(11-16(19)18(21)22)13-7-3-1-4-8-13/h1-10,15-16H,11-12H2,(H,21,22). The third kappa shape index (κ3) is 2.72. The summed E-state index contributed by atoms with van der Waals surface area (Å²) in [6, 6.07) is 17.9. The number of benzene rings is 2. The molecule has 0 spiro atoms. The van der Waals surface area contributed by atoms with E-state index in [0.29, 0.717) is 18.5 Å². The molecule has 1 N–H and O–H groups in total. The first-order valence-corrected chi connectivity index (χ1v) is 7.30. The zero-order chi connectivity index (χ0) is 15.5. The molecule has 0 aromatic heterocycles. The highest BCUT2D eigenvalue weighted by atomic mass is 16.4. The van der Waals surface area contributed by atoms with Crippen LogP contribution in [-0.4, -0.2) is 34.5 Å². The number of carbonyl (C=O) groups excluding carboxylic acids is 1. The van der Waals surface area contributed by atoms with E-state index in [-0.39, 0.29) is 11.8 Å². The molecule has 1 aliphatic rings. The van der Waals surface area contributed by atoms with Crippen molar-refractivity contribution < 1.29 is 14.7 Å². The Hall–Kier alpha value is -2.62. The van der Waals surface area contributed by atoms with Crippen molar-refractivity contribution in [2.75, 3.05) is 6.54 Å². The second kappa shape index (κ2) is 6.02. The van der Waals surface area contributed by atoms with Gasteiger partial charge in [0.2, 0.25) is 0 Å². The van der Waals surface area contributed by atoms with Crippen molar-refractivity contribution >= 4 is 11.9 Å². The van der Waals surface area contributed by atoms with Crippen LogP contribution in [0.4, 0.5) is 0 Å². The number of aliphatic carboxylic acids is 1. The van der Waals surface area contributed by atoms with Crippen molar-refractivity contribution in [1.29, 1.82) is 0 Å². The lowest BCUT2D eigenvalue weighted by Gasteiger charge is -2.21. The van der Waals surface area contributed by atoms with Crippen molar-refractivity contribution in [2.45, 2.75) is 18.4 Å². The average Bonchev–Trinajstić information content (AvgIpc) is 3.01. The van der Waals surface area contributed by atoms with Crippen molar-refractivity contribution in [1.82, 2.24) is 4.90 Å². The molecule has 112 valence electrons. The largest absolute Gasteiger partial charge is 0.480 e. The molecule has 4 nitrogen and oxygen atoms in total. The van der Waals surface area contributed by atoms with E-state index in [1.807, 2.05) is 36.4 Å². The molecule has 2 aromatic carbocycles. The number of nitrogens with zero attached hydrogens (tertiary/aromatic N) is 1. The van der Waals surface area contributed by atoms with Crippen LogP contribution in [0.2, 0.25) is 0 Å². The van der Waals surface area contributed by atoms with Crippen LogP contribution in [0.15, 0.2) is 60.7 Å². The minimum absolute atomic E-state index is 0.0648. The number of likely N-dealkylation sites (tertiary alicyclic amines) is 1. The molecule has 22 heavy (non-hydrogen) atoms. The maximum absolute atomic E-state index is 12.6. The quantitative estimate of drug-likeness (QED) is 0.947. The molecule has 2 atom stereocenters. The van der Waals surface area contributed by atoms with Crippen LogP contribution in [0, 0.1) is 0 Å². The van der Waals surface area contributed by atoms with Crippen LogP contribution < -0.4 is 0 Å². The molecule has 0 radical (unpaired) electrons. The van der Waals surface area contributed by atoms with Gasteiger partial charge in [-0.1, -0.05) is 48.5 Å². The van der Waals surface area contributed by atoms with Crippen LogP contribution >= 0.6 is 0 Å².